The van der Waals surface area contributed by atoms with E-state index in [1.807, 2.05) is 22.8 Å². The van der Waals surface area contributed by atoms with Crippen LogP contribution < -0.4 is 5.73 Å². The second kappa shape index (κ2) is 5.98. The van der Waals surface area contributed by atoms with Crippen molar-refractivity contribution in [1.29, 1.82) is 0 Å². The molecule has 2 saturated heterocycles. The van der Waals surface area contributed by atoms with Crippen molar-refractivity contribution >= 4 is 17.0 Å². The van der Waals surface area contributed by atoms with Gasteiger partial charge in [-0.3, -0.25) is 4.57 Å². The molecule has 2 aromatic heterocycles. The summed E-state index contributed by atoms with van der Waals surface area (Å²) in [4.78, 5) is 12.8. The molecule has 6 rings (SSSR count). The predicted octanol–water partition coefficient (Wildman–Crippen LogP) is 2.60. The van der Waals surface area contributed by atoms with E-state index in [-0.39, 0.29) is 24.0 Å². The highest BCUT2D eigenvalue weighted by molar-refractivity contribution is 5.81. The Balaban J connectivity index is 1.37. The van der Waals surface area contributed by atoms with E-state index >= 15 is 0 Å². The van der Waals surface area contributed by atoms with Gasteiger partial charge in [-0.15, -0.1) is 0 Å². The fourth-order valence-electron chi connectivity index (χ4n) is 5.13. The fourth-order valence-corrected chi connectivity index (χ4v) is 5.13. The Morgan fingerprint density at radius 3 is 2.76 bits per heavy atom. The van der Waals surface area contributed by atoms with E-state index in [0.717, 1.165) is 24.8 Å². The summed E-state index contributed by atoms with van der Waals surface area (Å²) >= 11 is 0. The van der Waals surface area contributed by atoms with Crippen molar-refractivity contribution in [3.63, 3.8) is 0 Å². The second-order valence-electron chi connectivity index (χ2n) is 8.13. The number of nitrogens with zero attached hydrogens (tertiary/aromatic N) is 4. The van der Waals surface area contributed by atoms with Crippen molar-refractivity contribution in [1.82, 2.24) is 19.5 Å². The quantitative estimate of drug-likeness (QED) is 0.711. The lowest BCUT2D eigenvalue weighted by Crippen LogP contribution is -2.49. The molecule has 2 N–H and O–H groups in total. The Morgan fingerprint density at radius 2 is 2.00 bits per heavy atom. The van der Waals surface area contributed by atoms with Crippen LogP contribution in [0.25, 0.3) is 11.2 Å². The molecule has 4 heterocycles. The van der Waals surface area contributed by atoms with Gasteiger partial charge in [0, 0.05) is 0 Å². The lowest BCUT2D eigenvalue weighted by Gasteiger charge is -2.38. The van der Waals surface area contributed by atoms with Gasteiger partial charge in [0.2, 0.25) is 0 Å². The van der Waals surface area contributed by atoms with Crippen LogP contribution in [0, 0.1) is 0 Å². The number of benzene rings is 1. The summed E-state index contributed by atoms with van der Waals surface area (Å²) in [6.07, 6.45) is 5.26. The van der Waals surface area contributed by atoms with Gasteiger partial charge in [-0.05, 0) is 24.8 Å². The van der Waals surface area contributed by atoms with Crippen molar-refractivity contribution < 1.29 is 14.2 Å². The van der Waals surface area contributed by atoms with Crippen LogP contribution in [0.15, 0.2) is 43.0 Å². The molecule has 1 aromatic carbocycles. The van der Waals surface area contributed by atoms with Crippen LogP contribution in [0.2, 0.25) is 0 Å². The van der Waals surface area contributed by atoms with E-state index in [2.05, 4.69) is 34.0 Å². The van der Waals surface area contributed by atoms with Crippen molar-refractivity contribution in [2.75, 3.05) is 5.73 Å². The zero-order chi connectivity index (χ0) is 19.6. The first-order valence-electron chi connectivity index (χ1n) is 10.1. The first kappa shape index (κ1) is 17.3. The number of nitrogens with two attached hydrogens (primary N) is 1. The molecule has 150 valence electrons. The standard InChI is InChI=1S/C21H23N5O3/c1-2-21-16(27-10-13-6-4-3-5-7-13)15(28-20(21)8-9-20)19(29-21)26-12-25-14-17(22)23-11-24-18(14)26/h3-7,11-12,15-16,19H,2,8-10H2,1H3,(H2,22,23,24)/t15-,16?,19+,21-/m0/s1. The summed E-state index contributed by atoms with van der Waals surface area (Å²) in [7, 11) is 0. The van der Waals surface area contributed by atoms with Gasteiger partial charge in [0.15, 0.2) is 17.7 Å². The van der Waals surface area contributed by atoms with Gasteiger partial charge in [-0.25, -0.2) is 15.0 Å². The Labute approximate surface area is 168 Å². The maximum atomic E-state index is 6.74. The van der Waals surface area contributed by atoms with Gasteiger partial charge < -0.3 is 19.9 Å². The smallest absolute Gasteiger partial charge is 0.167 e. The Morgan fingerprint density at radius 1 is 1.17 bits per heavy atom. The normalized spacial score (nSPS) is 31.7. The molecule has 2 aliphatic heterocycles. The average molecular weight is 393 g/mol. The Kier molecular flexibility index (Phi) is 3.57. The van der Waals surface area contributed by atoms with Gasteiger partial charge in [0.25, 0.3) is 0 Å². The average Bonchev–Trinajstić information content (AvgIpc) is 3.17. The number of aromatic nitrogens is 4. The monoisotopic (exact) mass is 393 g/mol. The molecule has 8 heteroatoms. The van der Waals surface area contributed by atoms with Crippen LogP contribution in [0.3, 0.4) is 0 Å². The zero-order valence-corrected chi connectivity index (χ0v) is 16.2. The van der Waals surface area contributed by atoms with Gasteiger partial charge in [0.05, 0.1) is 12.9 Å². The molecule has 3 aromatic rings. The number of hydrogen-bond acceptors (Lipinski definition) is 7. The Bertz CT molecular complexity index is 1070. The van der Waals surface area contributed by atoms with E-state index in [1.54, 1.807) is 6.33 Å². The van der Waals surface area contributed by atoms with Crippen LogP contribution >= 0.6 is 0 Å². The molecule has 1 unspecified atom stereocenters. The first-order chi connectivity index (χ1) is 14.2. The molecule has 3 fully saturated rings. The van der Waals surface area contributed by atoms with E-state index in [9.17, 15) is 0 Å². The predicted molar refractivity (Wildman–Crippen MR) is 105 cm³/mol. The highest BCUT2D eigenvalue weighted by Crippen LogP contribution is 2.66. The molecule has 4 atom stereocenters. The summed E-state index contributed by atoms with van der Waals surface area (Å²) in [6, 6.07) is 10.2. The van der Waals surface area contributed by atoms with E-state index in [1.165, 1.54) is 6.33 Å². The third-order valence-electron chi connectivity index (χ3n) is 6.67. The molecule has 1 saturated carbocycles. The topological polar surface area (TPSA) is 97.3 Å². The van der Waals surface area contributed by atoms with Crippen molar-refractivity contribution in [3.05, 3.63) is 48.5 Å². The minimum atomic E-state index is -0.466. The fraction of sp³-hybridized carbons (Fsp3) is 0.476. The van der Waals surface area contributed by atoms with Gasteiger partial charge >= 0.3 is 0 Å². The van der Waals surface area contributed by atoms with Crippen LogP contribution in [0.1, 0.15) is 38.0 Å². The molecular formula is C21H23N5O3. The first-order valence-corrected chi connectivity index (χ1v) is 10.1. The maximum absolute atomic E-state index is 6.74. The van der Waals surface area contributed by atoms with Crippen LogP contribution in [0.5, 0.6) is 0 Å². The number of imidazole rings is 1. The van der Waals surface area contributed by atoms with Crippen LogP contribution in [-0.2, 0) is 20.8 Å². The molecule has 0 radical (unpaired) electrons. The molecule has 3 aliphatic rings. The van der Waals surface area contributed by atoms with Crippen molar-refractivity contribution in [2.24, 2.45) is 0 Å². The molecule has 1 spiro atoms. The molecule has 0 amide bonds. The van der Waals surface area contributed by atoms with Crippen LogP contribution in [0.4, 0.5) is 5.82 Å². The summed E-state index contributed by atoms with van der Waals surface area (Å²) in [5.74, 6) is 0.360. The number of nitrogen functional groups attached to an aromatic ring is 1. The minimum Gasteiger partial charge on any atom is -0.382 e. The third kappa shape index (κ3) is 2.27. The van der Waals surface area contributed by atoms with E-state index in [0.29, 0.717) is 23.6 Å². The van der Waals surface area contributed by atoms with Gasteiger partial charge in [0.1, 0.15) is 35.3 Å². The maximum Gasteiger partial charge on any atom is 0.167 e. The number of rotatable bonds is 5. The molecule has 2 bridgehead atoms. The molecule has 29 heavy (non-hydrogen) atoms. The largest absolute Gasteiger partial charge is 0.382 e. The molecule has 8 nitrogen and oxygen atoms in total. The van der Waals surface area contributed by atoms with Gasteiger partial charge in [-0.1, -0.05) is 37.3 Å². The van der Waals surface area contributed by atoms with Crippen molar-refractivity contribution in [3.8, 4) is 0 Å². The van der Waals surface area contributed by atoms with E-state index < -0.39 is 5.60 Å². The number of fused-ring (bicyclic) bond motifs is 4. The minimum absolute atomic E-state index is 0.156. The number of anilines is 1. The lowest BCUT2D eigenvalue weighted by atomic mass is 9.87. The second-order valence-corrected chi connectivity index (χ2v) is 8.13. The third-order valence-corrected chi connectivity index (χ3v) is 6.67. The van der Waals surface area contributed by atoms with Gasteiger partial charge in [-0.2, -0.15) is 0 Å². The van der Waals surface area contributed by atoms with Crippen molar-refractivity contribution in [2.45, 2.75) is 62.4 Å². The molecular weight excluding hydrogens is 370 g/mol. The molecule has 1 aliphatic carbocycles. The SMILES string of the molecule is CC[C@@]12O[C@@H](n3cnc4c(N)ncnc43)[C@@H](OC13CC3)C2OCc1ccccc1. The Hall–Kier alpha value is -2.55. The summed E-state index contributed by atoms with van der Waals surface area (Å²) in [5, 5.41) is 0. The lowest BCUT2D eigenvalue weighted by molar-refractivity contribution is -0.224. The van der Waals surface area contributed by atoms with Crippen LogP contribution in [-0.4, -0.2) is 42.9 Å². The number of hydrogen-bond donors (Lipinski definition) is 1. The summed E-state index contributed by atoms with van der Waals surface area (Å²) < 4.78 is 21.7. The highest BCUT2D eigenvalue weighted by Gasteiger charge is 2.78. The highest BCUT2D eigenvalue weighted by atomic mass is 16.7. The van der Waals surface area contributed by atoms with E-state index in [4.69, 9.17) is 19.9 Å². The zero-order valence-electron chi connectivity index (χ0n) is 16.2. The summed E-state index contributed by atoms with van der Waals surface area (Å²) in [6.45, 7) is 2.68. The number of ether oxygens (including phenoxy) is 3. The summed E-state index contributed by atoms with van der Waals surface area (Å²) in [5.41, 5.74) is 7.64.